The number of aromatic nitrogens is 1. The first-order valence-electron chi connectivity index (χ1n) is 4.70. The van der Waals surface area contributed by atoms with Crippen molar-refractivity contribution in [2.24, 2.45) is 0 Å². The van der Waals surface area contributed by atoms with E-state index < -0.39 is 0 Å². The summed E-state index contributed by atoms with van der Waals surface area (Å²) < 4.78 is 4.82. The molecule has 1 saturated heterocycles. The van der Waals surface area contributed by atoms with Crippen molar-refractivity contribution >= 4 is 5.91 Å². The number of hydrogen-bond acceptors (Lipinski definition) is 4. The molecule has 2 heterocycles. The molecule has 14 heavy (non-hydrogen) atoms. The van der Waals surface area contributed by atoms with Crippen LogP contribution < -0.4 is 10.6 Å². The Kier molecular flexibility index (Phi) is 2.49. The van der Waals surface area contributed by atoms with Gasteiger partial charge in [-0.25, -0.2) is 0 Å². The molecule has 1 aliphatic rings. The first kappa shape index (κ1) is 9.21. The van der Waals surface area contributed by atoms with Crippen LogP contribution in [0.4, 0.5) is 0 Å². The van der Waals surface area contributed by atoms with Crippen molar-refractivity contribution in [3.8, 4) is 0 Å². The van der Waals surface area contributed by atoms with E-state index >= 15 is 0 Å². The zero-order valence-corrected chi connectivity index (χ0v) is 8.04. The molecule has 0 spiro atoms. The molecule has 0 aliphatic carbocycles. The van der Waals surface area contributed by atoms with Crippen LogP contribution in [0.15, 0.2) is 10.7 Å². The number of rotatable bonds is 2. The Bertz CT molecular complexity index is 329. The summed E-state index contributed by atoms with van der Waals surface area (Å²) in [5.74, 6) is 0.464. The van der Waals surface area contributed by atoms with Gasteiger partial charge in [-0.1, -0.05) is 5.16 Å². The van der Waals surface area contributed by atoms with Crippen LogP contribution in [0.3, 0.4) is 0 Å². The Morgan fingerprint density at radius 2 is 2.64 bits per heavy atom. The van der Waals surface area contributed by atoms with Gasteiger partial charge in [0.25, 0.3) is 5.91 Å². The molecule has 1 aromatic rings. The summed E-state index contributed by atoms with van der Waals surface area (Å²) in [5, 5.41) is 9.67. The fourth-order valence-corrected chi connectivity index (χ4v) is 1.56. The van der Waals surface area contributed by atoms with E-state index in [1.54, 1.807) is 6.92 Å². The molecule has 1 aliphatic heterocycles. The number of nitrogens with zero attached hydrogens (tertiary/aromatic N) is 1. The van der Waals surface area contributed by atoms with Crippen LogP contribution in [0.2, 0.25) is 0 Å². The zero-order chi connectivity index (χ0) is 9.97. The Morgan fingerprint density at radius 1 is 1.79 bits per heavy atom. The SMILES string of the molecule is Cc1oncc1C(=O)NC1CCNC1. The number of aryl methyl sites for hydroxylation is 1. The Morgan fingerprint density at radius 3 is 3.21 bits per heavy atom. The van der Waals surface area contributed by atoms with E-state index in [9.17, 15) is 4.79 Å². The largest absolute Gasteiger partial charge is 0.361 e. The van der Waals surface area contributed by atoms with Gasteiger partial charge in [0, 0.05) is 12.6 Å². The first-order valence-corrected chi connectivity index (χ1v) is 4.70. The zero-order valence-electron chi connectivity index (χ0n) is 8.04. The molecular formula is C9H13N3O2. The minimum absolute atomic E-state index is 0.0996. The molecule has 2 rings (SSSR count). The lowest BCUT2D eigenvalue weighted by molar-refractivity contribution is 0.0938. The van der Waals surface area contributed by atoms with Gasteiger partial charge in [0.2, 0.25) is 0 Å². The highest BCUT2D eigenvalue weighted by Crippen LogP contribution is 2.07. The highest BCUT2D eigenvalue weighted by molar-refractivity contribution is 5.94. The summed E-state index contributed by atoms with van der Waals surface area (Å²) in [7, 11) is 0. The summed E-state index contributed by atoms with van der Waals surface area (Å²) in [4.78, 5) is 11.6. The van der Waals surface area contributed by atoms with Gasteiger partial charge in [0.05, 0.1) is 6.20 Å². The first-order chi connectivity index (χ1) is 6.77. The second-order valence-electron chi connectivity index (χ2n) is 3.46. The molecule has 1 amide bonds. The number of hydrogen-bond donors (Lipinski definition) is 2. The van der Waals surface area contributed by atoms with Crippen molar-refractivity contribution in [1.82, 2.24) is 15.8 Å². The molecule has 1 unspecified atom stereocenters. The molecule has 5 nitrogen and oxygen atoms in total. The van der Waals surface area contributed by atoms with Crippen LogP contribution in [-0.4, -0.2) is 30.2 Å². The summed E-state index contributed by atoms with van der Waals surface area (Å²) in [6.45, 7) is 3.54. The van der Waals surface area contributed by atoms with Gasteiger partial charge in [-0.2, -0.15) is 0 Å². The molecule has 5 heteroatoms. The van der Waals surface area contributed by atoms with Crippen LogP contribution in [-0.2, 0) is 0 Å². The van der Waals surface area contributed by atoms with Gasteiger partial charge in [0.1, 0.15) is 11.3 Å². The lowest BCUT2D eigenvalue weighted by atomic mass is 10.2. The van der Waals surface area contributed by atoms with Crippen molar-refractivity contribution in [3.05, 3.63) is 17.5 Å². The third-order valence-corrected chi connectivity index (χ3v) is 2.39. The van der Waals surface area contributed by atoms with Crippen LogP contribution >= 0.6 is 0 Å². The summed E-state index contributed by atoms with van der Waals surface area (Å²) in [6, 6.07) is 0.233. The maximum Gasteiger partial charge on any atom is 0.256 e. The number of amides is 1. The highest BCUT2D eigenvalue weighted by atomic mass is 16.5. The maximum absolute atomic E-state index is 11.6. The lowest BCUT2D eigenvalue weighted by Crippen LogP contribution is -2.36. The van der Waals surface area contributed by atoms with E-state index in [0.717, 1.165) is 19.5 Å². The Labute approximate surface area is 81.8 Å². The monoisotopic (exact) mass is 195 g/mol. The van der Waals surface area contributed by atoms with Crippen LogP contribution in [0.1, 0.15) is 22.5 Å². The average Bonchev–Trinajstić information content (AvgIpc) is 2.75. The number of nitrogens with one attached hydrogen (secondary N) is 2. The fraction of sp³-hybridized carbons (Fsp3) is 0.556. The van der Waals surface area contributed by atoms with E-state index in [1.165, 1.54) is 6.20 Å². The van der Waals surface area contributed by atoms with Crippen molar-refractivity contribution in [3.63, 3.8) is 0 Å². The van der Waals surface area contributed by atoms with Crippen molar-refractivity contribution in [1.29, 1.82) is 0 Å². The molecule has 1 fully saturated rings. The molecule has 0 bridgehead atoms. The molecule has 2 N–H and O–H groups in total. The molecular weight excluding hydrogens is 182 g/mol. The third-order valence-electron chi connectivity index (χ3n) is 2.39. The van der Waals surface area contributed by atoms with Gasteiger partial charge >= 0.3 is 0 Å². The maximum atomic E-state index is 11.6. The molecule has 0 aromatic carbocycles. The second-order valence-corrected chi connectivity index (χ2v) is 3.46. The summed E-state index contributed by atoms with van der Waals surface area (Å²) >= 11 is 0. The highest BCUT2D eigenvalue weighted by Gasteiger charge is 2.19. The average molecular weight is 195 g/mol. The van der Waals surface area contributed by atoms with Crippen LogP contribution in [0.25, 0.3) is 0 Å². The topological polar surface area (TPSA) is 67.2 Å². The van der Waals surface area contributed by atoms with Gasteiger partial charge in [-0.3, -0.25) is 4.79 Å². The van der Waals surface area contributed by atoms with E-state index in [0.29, 0.717) is 11.3 Å². The normalized spacial score (nSPS) is 21.1. The third kappa shape index (κ3) is 1.77. The van der Waals surface area contributed by atoms with Crippen molar-refractivity contribution in [2.45, 2.75) is 19.4 Å². The van der Waals surface area contributed by atoms with E-state index in [4.69, 9.17) is 4.52 Å². The summed E-state index contributed by atoms with van der Waals surface area (Å²) in [6.07, 6.45) is 2.43. The van der Waals surface area contributed by atoms with Gasteiger partial charge in [-0.05, 0) is 19.9 Å². The smallest absolute Gasteiger partial charge is 0.256 e. The molecule has 0 radical (unpaired) electrons. The Balaban J connectivity index is 1.98. The van der Waals surface area contributed by atoms with Crippen molar-refractivity contribution < 1.29 is 9.32 Å². The fourth-order valence-electron chi connectivity index (χ4n) is 1.56. The minimum atomic E-state index is -0.0996. The number of carbonyl (C=O) groups excluding carboxylic acids is 1. The van der Waals surface area contributed by atoms with Crippen molar-refractivity contribution in [2.75, 3.05) is 13.1 Å². The molecule has 0 saturated carbocycles. The van der Waals surface area contributed by atoms with Gasteiger partial charge in [-0.15, -0.1) is 0 Å². The predicted octanol–water partition coefficient (Wildman–Crippen LogP) is 0.0747. The Hall–Kier alpha value is -1.36. The van der Waals surface area contributed by atoms with E-state index in [-0.39, 0.29) is 11.9 Å². The second kappa shape index (κ2) is 3.79. The summed E-state index contributed by atoms with van der Waals surface area (Å²) in [5.41, 5.74) is 0.525. The minimum Gasteiger partial charge on any atom is -0.361 e. The quantitative estimate of drug-likeness (QED) is 0.701. The van der Waals surface area contributed by atoms with E-state index in [1.807, 2.05) is 0 Å². The molecule has 76 valence electrons. The molecule has 1 atom stereocenters. The van der Waals surface area contributed by atoms with Crippen LogP contribution in [0.5, 0.6) is 0 Å². The lowest BCUT2D eigenvalue weighted by Gasteiger charge is -2.09. The standard InChI is InChI=1S/C9H13N3O2/c1-6-8(5-11-14-6)9(13)12-7-2-3-10-4-7/h5,7,10H,2-4H2,1H3,(H,12,13). The number of carbonyl (C=O) groups is 1. The van der Waals surface area contributed by atoms with Gasteiger partial charge in [0.15, 0.2) is 0 Å². The molecule has 1 aromatic heterocycles. The van der Waals surface area contributed by atoms with Crippen LogP contribution in [0, 0.1) is 6.92 Å². The van der Waals surface area contributed by atoms with Gasteiger partial charge < -0.3 is 15.2 Å². The van der Waals surface area contributed by atoms with E-state index in [2.05, 4.69) is 15.8 Å². The predicted molar refractivity (Wildman–Crippen MR) is 50.0 cm³/mol.